The molecule has 2 bridgehead atoms. The SMILES string of the molecule is CC(C)(C)c1ccc(-c2nnc(-c3cccc(C(=N)OC(=N)c4cccc(OCCCCCC5C6C=CC5C6)c4)c3)o2)cc1. The van der Waals surface area contributed by atoms with E-state index in [4.69, 9.17) is 24.7 Å². The summed E-state index contributed by atoms with van der Waals surface area (Å²) in [6.07, 6.45) is 10.9. The molecule has 7 rings (SSSR count). The Morgan fingerprint density at radius 2 is 1.45 bits per heavy atom. The minimum absolute atomic E-state index is 0.0601. The fourth-order valence-corrected chi connectivity index (χ4v) is 6.10. The number of hydrogen-bond donors (Lipinski definition) is 2. The summed E-state index contributed by atoms with van der Waals surface area (Å²) in [5, 5.41) is 25.5. The first-order valence-electron chi connectivity index (χ1n) is 15.6. The maximum atomic E-state index is 8.52. The summed E-state index contributed by atoms with van der Waals surface area (Å²) in [4.78, 5) is 0. The summed E-state index contributed by atoms with van der Waals surface area (Å²) >= 11 is 0. The molecule has 2 atom stereocenters. The van der Waals surface area contributed by atoms with E-state index in [1.165, 1.54) is 31.2 Å². The maximum absolute atomic E-state index is 8.52. The molecule has 1 fully saturated rings. The monoisotopic (exact) mass is 588 g/mol. The molecular formula is C37H40N4O3. The molecule has 1 aromatic heterocycles. The average molecular weight is 589 g/mol. The standard InChI is InChI=1S/C37H40N4O3/c1-37(2,3)30-18-16-24(17-19-30)35-40-41-36(44-35)29-11-7-9-27(22-29)33(38)43-34(39)28-10-8-12-31(23-28)42-20-6-4-5-13-32-25-14-15-26(32)21-25/h7-12,14-19,22-23,25-26,32,38-39H,4-6,13,20-21H2,1-3H3. The molecule has 3 aliphatic rings. The summed E-state index contributed by atoms with van der Waals surface area (Å²) in [5.74, 6) is 3.81. The number of aromatic nitrogens is 2. The number of benzene rings is 3. The summed E-state index contributed by atoms with van der Waals surface area (Å²) in [6.45, 7) is 7.17. The van der Waals surface area contributed by atoms with Gasteiger partial charge in [-0.2, -0.15) is 0 Å². The number of hydrogen-bond acceptors (Lipinski definition) is 7. The van der Waals surface area contributed by atoms with E-state index in [-0.39, 0.29) is 17.2 Å². The predicted molar refractivity (Wildman–Crippen MR) is 173 cm³/mol. The molecule has 3 aromatic carbocycles. The zero-order valence-electron chi connectivity index (χ0n) is 25.7. The minimum Gasteiger partial charge on any atom is -0.494 e. The van der Waals surface area contributed by atoms with Gasteiger partial charge in [-0.15, -0.1) is 10.2 Å². The van der Waals surface area contributed by atoms with E-state index in [9.17, 15) is 0 Å². The molecule has 44 heavy (non-hydrogen) atoms. The highest BCUT2D eigenvalue weighted by molar-refractivity contribution is 6.05. The third-order valence-corrected chi connectivity index (χ3v) is 8.80. The first kappa shape index (κ1) is 29.5. The van der Waals surface area contributed by atoms with Gasteiger partial charge in [-0.25, -0.2) is 0 Å². The van der Waals surface area contributed by atoms with E-state index >= 15 is 0 Å². The largest absolute Gasteiger partial charge is 0.494 e. The maximum Gasteiger partial charge on any atom is 0.248 e. The van der Waals surface area contributed by atoms with E-state index in [1.54, 1.807) is 30.3 Å². The molecule has 3 aliphatic carbocycles. The van der Waals surface area contributed by atoms with Crippen LogP contribution in [0.25, 0.3) is 22.9 Å². The van der Waals surface area contributed by atoms with Gasteiger partial charge in [-0.05, 0) is 96.5 Å². The lowest BCUT2D eigenvalue weighted by molar-refractivity contribution is 0.162. The van der Waals surface area contributed by atoms with Crippen molar-refractivity contribution in [1.82, 2.24) is 10.2 Å². The van der Waals surface area contributed by atoms with Crippen molar-refractivity contribution in [2.75, 3.05) is 6.61 Å². The van der Waals surface area contributed by atoms with Crippen molar-refractivity contribution >= 4 is 11.8 Å². The molecule has 7 nitrogen and oxygen atoms in total. The molecule has 0 spiro atoms. The highest BCUT2D eigenvalue weighted by Crippen LogP contribution is 2.50. The summed E-state index contributed by atoms with van der Waals surface area (Å²) in [6, 6.07) is 22.6. The molecule has 2 N–H and O–H groups in total. The molecule has 1 heterocycles. The number of nitrogens with one attached hydrogen (secondary N) is 2. The van der Waals surface area contributed by atoms with E-state index in [0.29, 0.717) is 40.8 Å². The molecule has 2 unspecified atom stereocenters. The smallest absolute Gasteiger partial charge is 0.248 e. The van der Waals surface area contributed by atoms with Crippen LogP contribution in [-0.4, -0.2) is 28.6 Å². The van der Waals surface area contributed by atoms with Crippen molar-refractivity contribution in [3.8, 4) is 28.7 Å². The van der Waals surface area contributed by atoms with Crippen molar-refractivity contribution in [2.45, 2.75) is 58.3 Å². The van der Waals surface area contributed by atoms with E-state index in [1.807, 2.05) is 30.3 Å². The van der Waals surface area contributed by atoms with Crippen LogP contribution in [0.4, 0.5) is 0 Å². The van der Waals surface area contributed by atoms with Gasteiger partial charge in [0.05, 0.1) is 6.61 Å². The van der Waals surface area contributed by atoms with Crippen molar-refractivity contribution < 1.29 is 13.9 Å². The van der Waals surface area contributed by atoms with E-state index < -0.39 is 0 Å². The Kier molecular flexibility index (Phi) is 8.47. The van der Waals surface area contributed by atoms with Gasteiger partial charge in [-0.1, -0.05) is 70.0 Å². The first-order chi connectivity index (χ1) is 21.2. The Morgan fingerprint density at radius 1 is 0.795 bits per heavy atom. The Bertz CT molecular complexity index is 1650. The van der Waals surface area contributed by atoms with Gasteiger partial charge < -0.3 is 13.9 Å². The van der Waals surface area contributed by atoms with Crippen molar-refractivity contribution in [3.05, 3.63) is 102 Å². The molecule has 0 saturated heterocycles. The van der Waals surface area contributed by atoms with Crippen LogP contribution in [-0.2, 0) is 10.2 Å². The fraction of sp³-hybridized carbons (Fsp3) is 0.351. The van der Waals surface area contributed by atoms with Crippen LogP contribution in [0.1, 0.15) is 69.6 Å². The van der Waals surface area contributed by atoms with Gasteiger partial charge >= 0.3 is 0 Å². The van der Waals surface area contributed by atoms with Crippen molar-refractivity contribution in [1.29, 1.82) is 10.8 Å². The number of allylic oxidation sites excluding steroid dienone is 2. The zero-order valence-corrected chi connectivity index (χ0v) is 25.7. The highest BCUT2D eigenvalue weighted by Gasteiger charge is 2.41. The van der Waals surface area contributed by atoms with Crippen molar-refractivity contribution in [3.63, 3.8) is 0 Å². The predicted octanol–water partition coefficient (Wildman–Crippen LogP) is 8.83. The molecule has 4 aromatic rings. The van der Waals surface area contributed by atoms with E-state index in [0.717, 1.165) is 29.7 Å². The molecular weight excluding hydrogens is 548 g/mol. The van der Waals surface area contributed by atoms with Gasteiger partial charge in [0.1, 0.15) is 5.75 Å². The molecule has 0 radical (unpaired) electrons. The average Bonchev–Trinajstić information content (AvgIpc) is 3.79. The second-order valence-electron chi connectivity index (χ2n) is 12.9. The third kappa shape index (κ3) is 6.67. The van der Waals surface area contributed by atoms with Gasteiger partial charge in [-0.3, -0.25) is 10.8 Å². The Morgan fingerprint density at radius 3 is 2.14 bits per heavy atom. The zero-order chi connectivity index (χ0) is 30.7. The lowest BCUT2D eigenvalue weighted by Gasteiger charge is -2.36. The summed E-state index contributed by atoms with van der Waals surface area (Å²) in [7, 11) is 0. The Hall–Kier alpha value is -4.52. The number of rotatable bonds is 11. The lowest BCUT2D eigenvalue weighted by atomic mass is 9.69. The van der Waals surface area contributed by atoms with Crippen LogP contribution in [0, 0.1) is 28.6 Å². The molecule has 226 valence electrons. The number of nitrogens with zero attached hydrogens (tertiary/aromatic N) is 2. The van der Waals surface area contributed by atoms with Crippen LogP contribution in [0.5, 0.6) is 5.75 Å². The van der Waals surface area contributed by atoms with E-state index in [2.05, 4.69) is 55.3 Å². The molecule has 0 aliphatic heterocycles. The van der Waals surface area contributed by atoms with Crippen LogP contribution < -0.4 is 4.74 Å². The Labute approximate surface area is 259 Å². The van der Waals surface area contributed by atoms with Crippen LogP contribution >= 0.6 is 0 Å². The van der Waals surface area contributed by atoms with Crippen LogP contribution in [0.2, 0.25) is 0 Å². The number of unbranched alkanes of at least 4 members (excludes halogenated alkanes) is 2. The van der Waals surface area contributed by atoms with Crippen molar-refractivity contribution in [2.24, 2.45) is 17.8 Å². The molecule has 1 saturated carbocycles. The van der Waals surface area contributed by atoms with Gasteiger partial charge in [0.2, 0.25) is 23.6 Å². The topological polar surface area (TPSA) is 105 Å². The molecule has 7 heteroatoms. The summed E-state index contributed by atoms with van der Waals surface area (Å²) < 4.78 is 17.6. The second kappa shape index (κ2) is 12.6. The van der Waals surface area contributed by atoms with Gasteiger partial charge in [0.25, 0.3) is 0 Å². The van der Waals surface area contributed by atoms with Gasteiger partial charge in [0.15, 0.2) is 0 Å². The lowest BCUT2D eigenvalue weighted by Crippen LogP contribution is -2.28. The summed E-state index contributed by atoms with van der Waals surface area (Å²) in [5.41, 5.74) is 3.85. The van der Waals surface area contributed by atoms with Crippen LogP contribution in [0.3, 0.4) is 0 Å². The first-order valence-corrected chi connectivity index (χ1v) is 15.6. The number of ether oxygens (including phenoxy) is 2. The quantitative estimate of drug-likeness (QED) is 0.0788. The highest BCUT2D eigenvalue weighted by atomic mass is 16.5. The van der Waals surface area contributed by atoms with Crippen LogP contribution in [0.15, 0.2) is 89.4 Å². The van der Waals surface area contributed by atoms with Gasteiger partial charge in [0, 0.05) is 22.3 Å². The minimum atomic E-state index is -0.143. The normalized spacial score (nSPS) is 18.6. The fourth-order valence-electron chi connectivity index (χ4n) is 6.10. The third-order valence-electron chi connectivity index (χ3n) is 8.80. The second-order valence-corrected chi connectivity index (χ2v) is 12.9. The Balaban J connectivity index is 1.01. The molecule has 0 amide bonds.